The molecule has 1 aliphatic heterocycles. The molecule has 2 nitrogen and oxygen atoms in total. The Morgan fingerprint density at radius 2 is 1.29 bits per heavy atom. The summed E-state index contributed by atoms with van der Waals surface area (Å²) in [6, 6.07) is 46.3. The van der Waals surface area contributed by atoms with Gasteiger partial charge in [0.1, 0.15) is 0 Å². The van der Waals surface area contributed by atoms with Crippen LogP contribution in [0.1, 0.15) is 25.3 Å². The van der Waals surface area contributed by atoms with Gasteiger partial charge in [-0.2, -0.15) is 0 Å². The van der Waals surface area contributed by atoms with E-state index in [9.17, 15) is 0 Å². The maximum atomic E-state index is 4.47. The summed E-state index contributed by atoms with van der Waals surface area (Å²) in [5.41, 5.74) is 10.4. The van der Waals surface area contributed by atoms with Crippen LogP contribution in [0.5, 0.6) is 0 Å². The molecule has 0 spiro atoms. The average Bonchev–Trinajstić information content (AvgIpc) is 3.16. The van der Waals surface area contributed by atoms with Gasteiger partial charge < -0.3 is 9.97 Å². The summed E-state index contributed by atoms with van der Waals surface area (Å²) in [5, 5.41) is 0. The molecule has 0 saturated heterocycles. The Kier molecular flexibility index (Phi) is 9.26. The minimum Gasteiger partial charge on any atom is -0.305 e. The first-order chi connectivity index (χ1) is 19.7. The Morgan fingerprint density at radius 1 is 0.585 bits per heavy atom. The molecule has 0 bridgehead atoms. The molecule has 1 aliphatic rings. The van der Waals surface area contributed by atoms with Gasteiger partial charge in [-0.3, -0.25) is 0 Å². The molecule has 0 unspecified atom stereocenters. The van der Waals surface area contributed by atoms with E-state index < -0.39 is 0 Å². The average molecular weight is 725 g/mol. The van der Waals surface area contributed by atoms with E-state index in [1.807, 2.05) is 66.6 Å². The molecule has 0 fully saturated rings. The molecule has 2 aromatic heterocycles. The summed E-state index contributed by atoms with van der Waals surface area (Å²) in [6.07, 6.45) is 3.69. The van der Waals surface area contributed by atoms with Crippen molar-refractivity contribution in [2.24, 2.45) is 0 Å². The van der Waals surface area contributed by atoms with Crippen molar-refractivity contribution in [2.75, 3.05) is 0 Å². The van der Waals surface area contributed by atoms with Crippen LogP contribution in [0.3, 0.4) is 0 Å². The zero-order valence-electron chi connectivity index (χ0n) is 22.8. The summed E-state index contributed by atoms with van der Waals surface area (Å²) < 4.78 is 0. The molecule has 1 radical (unpaired) electrons. The number of hydrogen-bond acceptors (Lipinski definition) is 3. The Balaban J connectivity index is 0.000000182. The Labute approximate surface area is 260 Å². The van der Waals surface area contributed by atoms with Crippen molar-refractivity contribution in [1.29, 1.82) is 0 Å². The third-order valence-corrected chi connectivity index (χ3v) is 8.04. The van der Waals surface area contributed by atoms with Crippen LogP contribution in [-0.2, 0) is 20.1 Å². The van der Waals surface area contributed by atoms with Crippen LogP contribution >= 0.6 is 11.8 Å². The SMILES string of the molecule is CC(C)c1ccnc(-c2[c-]cccc2)c1.[Ir].[c-]1cc2c(cc1-c1ccccn1)Sc1ccccc1-c1ccccc1-2. The monoisotopic (exact) mass is 725 g/mol. The van der Waals surface area contributed by atoms with Crippen LogP contribution in [0.15, 0.2) is 137 Å². The quantitative estimate of drug-likeness (QED) is 0.170. The summed E-state index contributed by atoms with van der Waals surface area (Å²) in [6.45, 7) is 4.38. The molecule has 0 atom stereocenters. The smallest absolute Gasteiger partial charge is 0.0184 e. The second-order valence-corrected chi connectivity index (χ2v) is 11.0. The van der Waals surface area contributed by atoms with Gasteiger partial charge in [0.15, 0.2) is 0 Å². The first kappa shape index (κ1) is 28.7. The van der Waals surface area contributed by atoms with E-state index in [0.29, 0.717) is 5.92 Å². The second-order valence-electron chi connectivity index (χ2n) is 9.89. The minimum atomic E-state index is 0. The van der Waals surface area contributed by atoms with Crippen molar-refractivity contribution < 1.29 is 20.1 Å². The first-order valence-corrected chi connectivity index (χ1v) is 14.3. The predicted molar refractivity (Wildman–Crippen MR) is 166 cm³/mol. The largest absolute Gasteiger partial charge is 0.305 e. The zero-order chi connectivity index (χ0) is 27.3. The number of rotatable bonds is 3. The number of hydrogen-bond donors (Lipinski definition) is 0. The molecule has 7 rings (SSSR count). The summed E-state index contributed by atoms with van der Waals surface area (Å²) in [5.74, 6) is 0.537. The van der Waals surface area contributed by atoms with Crippen molar-refractivity contribution in [2.45, 2.75) is 29.6 Å². The number of aromatic nitrogens is 2. The van der Waals surface area contributed by atoms with Crippen molar-refractivity contribution >= 4 is 11.8 Å². The van der Waals surface area contributed by atoms with E-state index in [1.54, 1.807) is 0 Å². The molecule has 4 aromatic carbocycles. The van der Waals surface area contributed by atoms with Gasteiger partial charge in [-0.05, 0) is 46.6 Å². The van der Waals surface area contributed by atoms with Gasteiger partial charge in [0, 0.05) is 37.4 Å². The van der Waals surface area contributed by atoms with Gasteiger partial charge in [0.05, 0.1) is 0 Å². The molecule has 4 heteroatoms. The number of benzene rings is 4. The molecule has 41 heavy (non-hydrogen) atoms. The summed E-state index contributed by atoms with van der Waals surface area (Å²) in [7, 11) is 0. The molecule has 3 heterocycles. The molecule has 203 valence electrons. The van der Waals surface area contributed by atoms with E-state index in [1.165, 1.54) is 37.6 Å². The Bertz CT molecular complexity index is 1750. The van der Waals surface area contributed by atoms with E-state index >= 15 is 0 Å². The molecule has 0 amide bonds. The number of fused-ring (bicyclic) bond motifs is 5. The van der Waals surface area contributed by atoms with Gasteiger partial charge in [-0.25, -0.2) is 0 Å². The molecule has 6 aromatic rings. The van der Waals surface area contributed by atoms with Gasteiger partial charge in [0.2, 0.25) is 0 Å². The maximum absolute atomic E-state index is 4.47. The normalized spacial score (nSPS) is 11.1. The molecular weight excluding hydrogens is 697 g/mol. The molecular formula is C37H28IrN2S-2. The maximum Gasteiger partial charge on any atom is 0.0184 e. The fourth-order valence-corrected chi connectivity index (χ4v) is 5.92. The number of nitrogens with zero attached hydrogens (tertiary/aromatic N) is 2. The zero-order valence-corrected chi connectivity index (χ0v) is 26.0. The van der Waals surface area contributed by atoms with Crippen LogP contribution in [0.2, 0.25) is 0 Å². The topological polar surface area (TPSA) is 25.8 Å². The Hall–Kier alpha value is -3.82. The summed E-state index contributed by atoms with van der Waals surface area (Å²) in [4.78, 5) is 11.4. The fourth-order valence-electron chi connectivity index (χ4n) is 4.79. The van der Waals surface area contributed by atoms with Crippen LogP contribution < -0.4 is 0 Å². The summed E-state index contributed by atoms with van der Waals surface area (Å²) >= 11 is 1.82. The van der Waals surface area contributed by atoms with Crippen LogP contribution in [-0.4, -0.2) is 9.97 Å². The van der Waals surface area contributed by atoms with Gasteiger partial charge >= 0.3 is 0 Å². The van der Waals surface area contributed by atoms with E-state index in [2.05, 4.69) is 109 Å². The first-order valence-electron chi connectivity index (χ1n) is 13.4. The van der Waals surface area contributed by atoms with Crippen molar-refractivity contribution in [3.05, 3.63) is 145 Å². The van der Waals surface area contributed by atoms with Crippen LogP contribution in [0.25, 0.3) is 44.8 Å². The molecule has 0 N–H and O–H groups in total. The number of pyridine rings is 2. The van der Waals surface area contributed by atoms with Crippen molar-refractivity contribution in [1.82, 2.24) is 9.97 Å². The molecule has 0 aliphatic carbocycles. The third kappa shape index (κ3) is 6.41. The fraction of sp³-hybridized carbons (Fsp3) is 0.0811. The molecule has 0 saturated carbocycles. The van der Waals surface area contributed by atoms with E-state index in [-0.39, 0.29) is 20.1 Å². The predicted octanol–water partition coefficient (Wildman–Crippen LogP) is 10.0. The van der Waals surface area contributed by atoms with Gasteiger partial charge in [0.25, 0.3) is 0 Å². The van der Waals surface area contributed by atoms with Crippen molar-refractivity contribution in [3.8, 4) is 44.8 Å². The van der Waals surface area contributed by atoms with Gasteiger partial charge in [-0.1, -0.05) is 96.1 Å². The van der Waals surface area contributed by atoms with Gasteiger partial charge in [-0.15, -0.1) is 71.4 Å². The van der Waals surface area contributed by atoms with E-state index in [0.717, 1.165) is 22.5 Å². The van der Waals surface area contributed by atoms with Crippen LogP contribution in [0, 0.1) is 12.1 Å². The van der Waals surface area contributed by atoms with Crippen molar-refractivity contribution in [3.63, 3.8) is 0 Å². The Morgan fingerprint density at radius 3 is 2.02 bits per heavy atom. The third-order valence-electron chi connectivity index (χ3n) is 6.90. The van der Waals surface area contributed by atoms with Crippen LogP contribution in [0.4, 0.5) is 0 Å². The standard InChI is InChI=1S/C23H14NS.C14H14N.Ir/c1-2-8-18-17(7-1)19-9-3-4-11-22(19)25-23-15-16(12-13-20(18)23)21-10-5-6-14-24-21;1-11(2)13-8-9-15-14(10-13)12-6-4-3-5-7-12;/h1-11,13-15H;3-6,8-11H,1-2H3;/q2*-1;. The van der Waals surface area contributed by atoms with E-state index in [4.69, 9.17) is 0 Å². The second kappa shape index (κ2) is 13.2. The minimum absolute atomic E-state index is 0.